The van der Waals surface area contributed by atoms with Crippen molar-refractivity contribution in [2.75, 3.05) is 19.6 Å². The molecule has 1 amide bonds. The number of carbonyl (C=O) groups excluding carboxylic acids is 1. The molecule has 0 aromatic carbocycles. The van der Waals surface area contributed by atoms with Gasteiger partial charge in [0.2, 0.25) is 5.91 Å². The van der Waals surface area contributed by atoms with Gasteiger partial charge in [-0.2, -0.15) is 0 Å². The zero-order chi connectivity index (χ0) is 10.8. The second kappa shape index (κ2) is 4.52. The quantitative estimate of drug-likeness (QED) is 0.757. The van der Waals surface area contributed by atoms with Crippen LogP contribution in [0.15, 0.2) is 0 Å². The van der Waals surface area contributed by atoms with Gasteiger partial charge in [-0.1, -0.05) is 13.8 Å². The van der Waals surface area contributed by atoms with Gasteiger partial charge in [0.15, 0.2) is 0 Å². The van der Waals surface area contributed by atoms with E-state index in [1.165, 1.54) is 0 Å². The minimum Gasteiger partial charge on any atom is -0.341 e. The van der Waals surface area contributed by atoms with Gasteiger partial charge >= 0.3 is 0 Å². The van der Waals surface area contributed by atoms with E-state index >= 15 is 0 Å². The molecule has 1 aliphatic carbocycles. The van der Waals surface area contributed by atoms with E-state index in [1.807, 2.05) is 0 Å². The van der Waals surface area contributed by atoms with Crippen LogP contribution in [0.5, 0.6) is 0 Å². The maximum absolute atomic E-state index is 11.8. The Morgan fingerprint density at radius 2 is 2.13 bits per heavy atom. The Balaban J connectivity index is 1.71. The fourth-order valence-corrected chi connectivity index (χ4v) is 2.12. The molecule has 2 fully saturated rings. The zero-order valence-corrected chi connectivity index (χ0v) is 9.83. The molecule has 0 aromatic heterocycles. The molecular formula is C12H22N2O. The first-order valence-electron chi connectivity index (χ1n) is 6.19. The van der Waals surface area contributed by atoms with Crippen molar-refractivity contribution in [3.63, 3.8) is 0 Å². The van der Waals surface area contributed by atoms with E-state index in [1.54, 1.807) is 0 Å². The Bertz CT molecular complexity index is 236. The highest BCUT2D eigenvalue weighted by molar-refractivity contribution is 5.81. The Morgan fingerprint density at radius 3 is 2.73 bits per heavy atom. The van der Waals surface area contributed by atoms with Gasteiger partial charge in [-0.25, -0.2) is 0 Å². The van der Waals surface area contributed by atoms with Crippen LogP contribution in [0.25, 0.3) is 0 Å². The van der Waals surface area contributed by atoms with Crippen LogP contribution >= 0.6 is 0 Å². The van der Waals surface area contributed by atoms with Gasteiger partial charge in [0.1, 0.15) is 0 Å². The molecular weight excluding hydrogens is 188 g/mol. The molecule has 3 heteroatoms. The topological polar surface area (TPSA) is 32.3 Å². The zero-order valence-electron chi connectivity index (χ0n) is 9.83. The maximum atomic E-state index is 11.8. The number of hydrogen-bond acceptors (Lipinski definition) is 2. The summed E-state index contributed by atoms with van der Waals surface area (Å²) in [4.78, 5) is 13.8. The molecule has 2 aliphatic rings. The molecule has 15 heavy (non-hydrogen) atoms. The van der Waals surface area contributed by atoms with Crippen molar-refractivity contribution in [2.24, 2.45) is 11.8 Å². The van der Waals surface area contributed by atoms with Gasteiger partial charge in [-0.3, -0.25) is 4.79 Å². The van der Waals surface area contributed by atoms with E-state index in [4.69, 9.17) is 0 Å². The Labute approximate surface area is 92.2 Å². The lowest BCUT2D eigenvalue weighted by atomic mass is 10.2. The van der Waals surface area contributed by atoms with Gasteiger partial charge in [0.25, 0.3) is 0 Å². The van der Waals surface area contributed by atoms with Gasteiger partial charge in [-0.15, -0.1) is 0 Å². The summed E-state index contributed by atoms with van der Waals surface area (Å²) in [5, 5.41) is 3.53. The van der Waals surface area contributed by atoms with E-state index in [-0.39, 0.29) is 0 Å². The molecule has 0 bridgehead atoms. The third kappa shape index (κ3) is 2.94. The highest BCUT2D eigenvalue weighted by Crippen LogP contribution is 2.32. The van der Waals surface area contributed by atoms with Crippen molar-refractivity contribution in [1.29, 1.82) is 0 Å². The molecule has 0 radical (unpaired) electrons. The number of amides is 1. The van der Waals surface area contributed by atoms with Crippen molar-refractivity contribution in [3.05, 3.63) is 0 Å². The Morgan fingerprint density at radius 1 is 1.40 bits per heavy atom. The summed E-state index contributed by atoms with van der Waals surface area (Å²) < 4.78 is 0. The van der Waals surface area contributed by atoms with Crippen LogP contribution in [0, 0.1) is 11.8 Å². The summed E-state index contributed by atoms with van der Waals surface area (Å²) >= 11 is 0. The minimum absolute atomic E-state index is 0.383. The molecule has 0 unspecified atom stereocenters. The summed E-state index contributed by atoms with van der Waals surface area (Å²) in [6.07, 6.45) is 3.38. The number of nitrogens with one attached hydrogen (secondary N) is 1. The molecule has 1 aliphatic heterocycles. The van der Waals surface area contributed by atoms with Crippen molar-refractivity contribution < 1.29 is 4.79 Å². The van der Waals surface area contributed by atoms with Crippen LogP contribution < -0.4 is 5.32 Å². The van der Waals surface area contributed by atoms with E-state index < -0.39 is 0 Å². The van der Waals surface area contributed by atoms with Crippen LogP contribution in [-0.2, 0) is 4.79 Å². The molecule has 1 saturated heterocycles. The van der Waals surface area contributed by atoms with Gasteiger partial charge < -0.3 is 10.2 Å². The van der Waals surface area contributed by atoms with Crippen LogP contribution in [0.3, 0.4) is 0 Å². The number of nitrogens with zero attached hydrogens (tertiary/aromatic N) is 1. The summed E-state index contributed by atoms with van der Waals surface area (Å²) in [6.45, 7) is 7.40. The van der Waals surface area contributed by atoms with Crippen molar-refractivity contribution in [1.82, 2.24) is 10.2 Å². The van der Waals surface area contributed by atoms with Gasteiger partial charge in [0.05, 0.1) is 0 Å². The molecule has 1 heterocycles. The third-order valence-corrected chi connectivity index (χ3v) is 3.24. The lowest BCUT2D eigenvalue weighted by Gasteiger charge is -2.17. The predicted octanol–water partition coefficient (Wildman–Crippen LogP) is 1.24. The summed E-state index contributed by atoms with van der Waals surface area (Å²) in [5.41, 5.74) is 0. The van der Waals surface area contributed by atoms with Gasteiger partial charge in [0, 0.05) is 25.0 Å². The number of carbonyl (C=O) groups is 1. The standard InChI is InChI=1S/C12H22N2O/c1-9(2)7-13-11-5-6-14(8-11)12(15)10-3-4-10/h9-11,13H,3-8H2,1-2H3/t11-/m1/s1. The van der Waals surface area contributed by atoms with Crippen LogP contribution in [0.4, 0.5) is 0 Å². The van der Waals surface area contributed by atoms with Crippen LogP contribution in [0.2, 0.25) is 0 Å². The molecule has 0 aromatic rings. The largest absolute Gasteiger partial charge is 0.341 e. The highest BCUT2D eigenvalue weighted by Gasteiger charge is 2.36. The molecule has 1 N–H and O–H groups in total. The number of hydrogen-bond donors (Lipinski definition) is 1. The van der Waals surface area contributed by atoms with Crippen LogP contribution in [0.1, 0.15) is 33.1 Å². The second-order valence-corrected chi connectivity index (χ2v) is 5.35. The van der Waals surface area contributed by atoms with E-state index in [0.29, 0.717) is 23.8 Å². The first-order chi connectivity index (χ1) is 7.16. The summed E-state index contributed by atoms with van der Waals surface area (Å²) in [6, 6.07) is 0.537. The molecule has 3 nitrogen and oxygen atoms in total. The number of rotatable bonds is 4. The van der Waals surface area contributed by atoms with Crippen LogP contribution in [-0.4, -0.2) is 36.5 Å². The fraction of sp³-hybridized carbons (Fsp3) is 0.917. The average molecular weight is 210 g/mol. The summed E-state index contributed by atoms with van der Waals surface area (Å²) in [7, 11) is 0. The third-order valence-electron chi connectivity index (χ3n) is 3.24. The first-order valence-corrected chi connectivity index (χ1v) is 6.19. The molecule has 2 rings (SSSR count). The molecule has 1 saturated carbocycles. The van der Waals surface area contributed by atoms with Crippen molar-refractivity contribution in [3.8, 4) is 0 Å². The van der Waals surface area contributed by atoms with E-state index in [0.717, 1.165) is 38.9 Å². The Hall–Kier alpha value is -0.570. The lowest BCUT2D eigenvalue weighted by Crippen LogP contribution is -2.37. The maximum Gasteiger partial charge on any atom is 0.225 e. The van der Waals surface area contributed by atoms with E-state index in [2.05, 4.69) is 24.1 Å². The first kappa shape index (κ1) is 10.9. The Kier molecular flexibility index (Phi) is 3.29. The number of likely N-dealkylation sites (tertiary alicyclic amines) is 1. The summed E-state index contributed by atoms with van der Waals surface area (Å²) in [5.74, 6) is 1.48. The normalized spacial score (nSPS) is 26.3. The molecule has 1 atom stereocenters. The minimum atomic E-state index is 0.383. The smallest absolute Gasteiger partial charge is 0.225 e. The second-order valence-electron chi connectivity index (χ2n) is 5.35. The van der Waals surface area contributed by atoms with Gasteiger partial charge in [-0.05, 0) is 31.7 Å². The molecule has 0 spiro atoms. The fourth-order valence-electron chi connectivity index (χ4n) is 2.12. The SMILES string of the molecule is CC(C)CN[C@@H]1CCN(C(=O)C2CC2)C1. The van der Waals surface area contributed by atoms with E-state index in [9.17, 15) is 4.79 Å². The lowest BCUT2D eigenvalue weighted by molar-refractivity contribution is -0.131. The average Bonchev–Trinajstić information content (AvgIpc) is 2.93. The van der Waals surface area contributed by atoms with Crippen molar-refractivity contribution in [2.45, 2.75) is 39.2 Å². The highest BCUT2D eigenvalue weighted by atomic mass is 16.2. The predicted molar refractivity (Wildman–Crippen MR) is 60.5 cm³/mol. The monoisotopic (exact) mass is 210 g/mol. The van der Waals surface area contributed by atoms with Crippen molar-refractivity contribution >= 4 is 5.91 Å². The molecule has 86 valence electrons.